The first-order valence-corrected chi connectivity index (χ1v) is 7.74. The second kappa shape index (κ2) is 7.00. The smallest absolute Gasteiger partial charge is 0.269 e. The Hall–Kier alpha value is -3.41. The molecule has 126 valence electrons. The number of benzene rings is 3. The highest BCUT2D eigenvalue weighted by molar-refractivity contribution is 6.03. The monoisotopic (exact) mass is 336 g/mol. The molecule has 0 heterocycles. The highest BCUT2D eigenvalue weighted by Gasteiger charge is 2.16. The van der Waals surface area contributed by atoms with E-state index in [4.69, 9.17) is 4.74 Å². The van der Waals surface area contributed by atoms with E-state index in [2.05, 4.69) is 5.32 Å². The molecule has 0 saturated carbocycles. The number of nitro groups is 1. The molecule has 6 nitrogen and oxygen atoms in total. The summed E-state index contributed by atoms with van der Waals surface area (Å²) in [6.45, 7) is 1.63. The Morgan fingerprint density at radius 1 is 1.04 bits per heavy atom. The van der Waals surface area contributed by atoms with Crippen molar-refractivity contribution in [3.63, 3.8) is 0 Å². The molecule has 6 heteroatoms. The molecule has 0 saturated heterocycles. The zero-order valence-electron chi connectivity index (χ0n) is 13.5. The zero-order chi connectivity index (χ0) is 17.8. The highest BCUT2D eigenvalue weighted by atomic mass is 16.6. The van der Waals surface area contributed by atoms with E-state index in [1.165, 1.54) is 24.3 Å². The lowest BCUT2D eigenvalue weighted by molar-refractivity contribution is -0.384. The minimum atomic E-state index is -0.750. The van der Waals surface area contributed by atoms with Crippen LogP contribution < -0.4 is 10.1 Å². The Balaban J connectivity index is 1.71. The standard InChI is InChI=1S/C19H16N2O4/c1-13(25-16-11-9-15(10-12-16)21(23)24)19(22)20-18-8-4-6-14-5-2-3-7-17(14)18/h2-13H,1H3,(H,20,22). The molecular weight excluding hydrogens is 320 g/mol. The number of non-ortho nitro benzene ring substituents is 1. The number of anilines is 1. The Labute approximate surface area is 144 Å². The zero-order valence-corrected chi connectivity index (χ0v) is 13.5. The van der Waals surface area contributed by atoms with Crippen molar-refractivity contribution in [2.24, 2.45) is 0 Å². The van der Waals surface area contributed by atoms with E-state index in [-0.39, 0.29) is 11.6 Å². The average Bonchev–Trinajstić information content (AvgIpc) is 2.62. The number of hydrogen-bond donors (Lipinski definition) is 1. The number of ether oxygens (including phenoxy) is 1. The predicted molar refractivity (Wildman–Crippen MR) is 95.8 cm³/mol. The number of rotatable bonds is 5. The summed E-state index contributed by atoms with van der Waals surface area (Å²) in [6, 6.07) is 19.1. The lowest BCUT2D eigenvalue weighted by Crippen LogP contribution is -2.30. The van der Waals surface area contributed by atoms with Crippen molar-refractivity contribution in [3.8, 4) is 5.75 Å². The minimum absolute atomic E-state index is 0.0276. The van der Waals surface area contributed by atoms with Crippen molar-refractivity contribution < 1.29 is 14.5 Å². The van der Waals surface area contributed by atoms with Crippen molar-refractivity contribution in [1.82, 2.24) is 0 Å². The quantitative estimate of drug-likeness (QED) is 0.560. The fourth-order valence-electron chi connectivity index (χ4n) is 2.47. The fourth-order valence-corrected chi connectivity index (χ4v) is 2.47. The third-order valence-corrected chi connectivity index (χ3v) is 3.78. The third-order valence-electron chi connectivity index (χ3n) is 3.78. The predicted octanol–water partition coefficient (Wildman–Crippen LogP) is 4.15. The number of fused-ring (bicyclic) bond motifs is 1. The van der Waals surface area contributed by atoms with E-state index in [0.717, 1.165) is 10.8 Å². The molecular formula is C19H16N2O4. The van der Waals surface area contributed by atoms with Gasteiger partial charge in [-0.1, -0.05) is 36.4 Å². The molecule has 0 bridgehead atoms. The summed E-state index contributed by atoms with van der Waals surface area (Å²) in [7, 11) is 0. The van der Waals surface area contributed by atoms with Gasteiger partial charge < -0.3 is 10.1 Å². The van der Waals surface area contributed by atoms with Crippen LogP contribution in [0.3, 0.4) is 0 Å². The van der Waals surface area contributed by atoms with Crippen LogP contribution in [0.25, 0.3) is 10.8 Å². The molecule has 0 spiro atoms. The van der Waals surface area contributed by atoms with Crippen molar-refractivity contribution in [2.75, 3.05) is 5.32 Å². The Morgan fingerprint density at radius 2 is 1.72 bits per heavy atom. The molecule has 0 aliphatic rings. The van der Waals surface area contributed by atoms with Gasteiger partial charge in [0.25, 0.3) is 11.6 Å². The first kappa shape index (κ1) is 16.4. The maximum Gasteiger partial charge on any atom is 0.269 e. The molecule has 1 N–H and O–H groups in total. The topological polar surface area (TPSA) is 81.5 Å². The van der Waals surface area contributed by atoms with Crippen LogP contribution in [0, 0.1) is 10.1 Å². The van der Waals surface area contributed by atoms with Gasteiger partial charge in [-0.25, -0.2) is 0 Å². The molecule has 0 aliphatic carbocycles. The van der Waals surface area contributed by atoms with Crippen molar-refractivity contribution >= 4 is 28.1 Å². The second-order valence-electron chi connectivity index (χ2n) is 5.53. The Morgan fingerprint density at radius 3 is 2.44 bits per heavy atom. The Bertz CT molecular complexity index is 917. The third kappa shape index (κ3) is 3.74. The molecule has 0 aliphatic heterocycles. The largest absolute Gasteiger partial charge is 0.481 e. The van der Waals surface area contributed by atoms with E-state index in [1.807, 2.05) is 42.5 Å². The van der Waals surface area contributed by atoms with Crippen LogP contribution in [-0.2, 0) is 4.79 Å². The summed E-state index contributed by atoms with van der Waals surface area (Å²) >= 11 is 0. The minimum Gasteiger partial charge on any atom is -0.481 e. The van der Waals surface area contributed by atoms with Gasteiger partial charge in [-0.05, 0) is 30.5 Å². The van der Waals surface area contributed by atoms with Crippen LogP contribution in [0.1, 0.15) is 6.92 Å². The lowest BCUT2D eigenvalue weighted by Gasteiger charge is -2.15. The number of nitro benzene ring substituents is 1. The van der Waals surface area contributed by atoms with Gasteiger partial charge in [-0.2, -0.15) is 0 Å². The maximum absolute atomic E-state index is 12.4. The van der Waals surface area contributed by atoms with Gasteiger partial charge in [0.1, 0.15) is 5.75 Å². The summed E-state index contributed by atoms with van der Waals surface area (Å²) in [6.07, 6.45) is -0.750. The molecule has 3 rings (SSSR count). The van der Waals surface area contributed by atoms with E-state index in [1.54, 1.807) is 6.92 Å². The van der Waals surface area contributed by atoms with Crippen molar-refractivity contribution in [3.05, 3.63) is 76.8 Å². The Kier molecular flexibility index (Phi) is 4.61. The van der Waals surface area contributed by atoms with E-state index >= 15 is 0 Å². The van der Waals surface area contributed by atoms with Crippen LogP contribution in [-0.4, -0.2) is 16.9 Å². The van der Waals surface area contributed by atoms with Gasteiger partial charge in [0.15, 0.2) is 6.10 Å². The van der Waals surface area contributed by atoms with E-state index in [9.17, 15) is 14.9 Å². The van der Waals surface area contributed by atoms with Crippen LogP contribution in [0.5, 0.6) is 5.75 Å². The first-order chi connectivity index (χ1) is 12.0. The summed E-state index contributed by atoms with van der Waals surface area (Å²) < 4.78 is 5.56. The van der Waals surface area contributed by atoms with Gasteiger partial charge in [0.2, 0.25) is 0 Å². The number of nitrogens with one attached hydrogen (secondary N) is 1. The van der Waals surface area contributed by atoms with E-state index < -0.39 is 11.0 Å². The van der Waals surface area contributed by atoms with Crippen LogP contribution >= 0.6 is 0 Å². The number of carbonyl (C=O) groups excluding carboxylic acids is 1. The lowest BCUT2D eigenvalue weighted by atomic mass is 10.1. The second-order valence-corrected chi connectivity index (χ2v) is 5.53. The first-order valence-electron chi connectivity index (χ1n) is 7.74. The number of hydrogen-bond acceptors (Lipinski definition) is 4. The molecule has 3 aromatic rings. The SMILES string of the molecule is CC(Oc1ccc([N+](=O)[O-])cc1)C(=O)Nc1cccc2ccccc12. The molecule has 1 atom stereocenters. The molecule has 0 fully saturated rings. The van der Waals surface area contributed by atoms with Crippen LogP contribution in [0.15, 0.2) is 66.7 Å². The number of nitrogens with zero attached hydrogens (tertiary/aromatic N) is 1. The maximum atomic E-state index is 12.4. The van der Waals surface area contributed by atoms with Gasteiger partial charge in [-0.15, -0.1) is 0 Å². The summed E-state index contributed by atoms with van der Waals surface area (Å²) in [5.74, 6) is 0.0980. The van der Waals surface area contributed by atoms with Crippen molar-refractivity contribution in [2.45, 2.75) is 13.0 Å². The van der Waals surface area contributed by atoms with Gasteiger partial charge >= 0.3 is 0 Å². The van der Waals surface area contributed by atoms with E-state index in [0.29, 0.717) is 11.4 Å². The summed E-state index contributed by atoms with van der Waals surface area (Å²) in [5, 5.41) is 15.5. The fraction of sp³-hybridized carbons (Fsp3) is 0.105. The molecule has 0 radical (unpaired) electrons. The van der Waals surface area contributed by atoms with Crippen LogP contribution in [0.4, 0.5) is 11.4 Å². The van der Waals surface area contributed by atoms with Gasteiger partial charge in [-0.3, -0.25) is 14.9 Å². The van der Waals surface area contributed by atoms with Crippen LogP contribution in [0.2, 0.25) is 0 Å². The van der Waals surface area contributed by atoms with Crippen molar-refractivity contribution in [1.29, 1.82) is 0 Å². The average molecular weight is 336 g/mol. The molecule has 0 aromatic heterocycles. The molecule has 25 heavy (non-hydrogen) atoms. The number of carbonyl (C=O) groups is 1. The molecule has 3 aromatic carbocycles. The van der Waals surface area contributed by atoms with Gasteiger partial charge in [0.05, 0.1) is 4.92 Å². The summed E-state index contributed by atoms with van der Waals surface area (Å²) in [4.78, 5) is 22.6. The molecule has 1 amide bonds. The summed E-state index contributed by atoms with van der Waals surface area (Å²) in [5.41, 5.74) is 0.683. The highest BCUT2D eigenvalue weighted by Crippen LogP contribution is 2.24. The normalized spacial score (nSPS) is 11.7. The van der Waals surface area contributed by atoms with Gasteiger partial charge in [0, 0.05) is 23.2 Å². The molecule has 1 unspecified atom stereocenters. The number of amides is 1.